The third-order valence-corrected chi connectivity index (χ3v) is 4.63. The molecule has 0 aromatic rings. The van der Waals surface area contributed by atoms with Gasteiger partial charge >= 0.3 is 0 Å². The predicted molar refractivity (Wildman–Crippen MR) is 70.5 cm³/mol. The number of hydrogen-bond donors (Lipinski definition) is 1. The largest absolute Gasteiger partial charge is 0.314 e. The molecule has 1 nitrogen and oxygen atoms in total. The Balaban J connectivity index is 1.68. The predicted octanol–water partition coefficient (Wildman–Crippen LogP) is 3.98. The lowest BCUT2D eigenvalue weighted by Crippen LogP contribution is -2.27. The monoisotopic (exact) mass is 223 g/mol. The van der Waals surface area contributed by atoms with Crippen molar-refractivity contribution in [2.24, 2.45) is 17.8 Å². The third kappa shape index (κ3) is 3.76. The van der Waals surface area contributed by atoms with Crippen LogP contribution in [0, 0.1) is 17.8 Å². The van der Waals surface area contributed by atoms with Crippen molar-refractivity contribution in [2.75, 3.05) is 6.54 Å². The SMILES string of the molecule is CCC1CCCCC1CC(C)CNC1CC1. The molecule has 0 bridgehead atoms. The quantitative estimate of drug-likeness (QED) is 0.718. The minimum atomic E-state index is 0.885. The van der Waals surface area contributed by atoms with E-state index in [-0.39, 0.29) is 0 Å². The van der Waals surface area contributed by atoms with Crippen molar-refractivity contribution < 1.29 is 0 Å². The second-order valence-corrected chi connectivity index (χ2v) is 6.24. The van der Waals surface area contributed by atoms with Gasteiger partial charge in [0.1, 0.15) is 0 Å². The van der Waals surface area contributed by atoms with Crippen molar-refractivity contribution in [3.63, 3.8) is 0 Å². The number of hydrogen-bond acceptors (Lipinski definition) is 1. The van der Waals surface area contributed by atoms with E-state index < -0.39 is 0 Å². The molecule has 0 heterocycles. The summed E-state index contributed by atoms with van der Waals surface area (Å²) in [4.78, 5) is 0. The van der Waals surface area contributed by atoms with Crippen LogP contribution in [0.15, 0.2) is 0 Å². The Morgan fingerprint density at radius 2 is 1.75 bits per heavy atom. The topological polar surface area (TPSA) is 12.0 Å². The summed E-state index contributed by atoms with van der Waals surface area (Å²) in [6.07, 6.45) is 11.7. The number of rotatable bonds is 6. The highest BCUT2D eigenvalue weighted by atomic mass is 14.9. The van der Waals surface area contributed by atoms with Gasteiger partial charge in [-0.2, -0.15) is 0 Å². The first-order valence-electron chi connectivity index (χ1n) is 7.53. The summed E-state index contributed by atoms with van der Waals surface area (Å²) in [5.41, 5.74) is 0. The lowest BCUT2D eigenvalue weighted by atomic mass is 9.74. The molecule has 2 rings (SSSR count). The molecule has 0 radical (unpaired) electrons. The van der Waals surface area contributed by atoms with Crippen LogP contribution >= 0.6 is 0 Å². The van der Waals surface area contributed by atoms with Gasteiger partial charge in [-0.1, -0.05) is 46.0 Å². The van der Waals surface area contributed by atoms with Crippen molar-refractivity contribution in [3.8, 4) is 0 Å². The molecule has 2 aliphatic carbocycles. The van der Waals surface area contributed by atoms with Crippen LogP contribution in [-0.4, -0.2) is 12.6 Å². The highest BCUT2D eigenvalue weighted by molar-refractivity contribution is 4.82. The molecule has 94 valence electrons. The standard InChI is InChI=1S/C15H29N/c1-3-13-6-4-5-7-14(13)10-12(2)11-16-15-8-9-15/h12-16H,3-11H2,1-2H3. The summed E-state index contributed by atoms with van der Waals surface area (Å²) < 4.78 is 0. The summed E-state index contributed by atoms with van der Waals surface area (Å²) in [5, 5.41) is 3.68. The second-order valence-electron chi connectivity index (χ2n) is 6.24. The Bertz CT molecular complexity index is 198. The summed E-state index contributed by atoms with van der Waals surface area (Å²) in [7, 11) is 0. The summed E-state index contributed by atoms with van der Waals surface area (Å²) in [5.74, 6) is 2.96. The maximum atomic E-state index is 3.68. The van der Waals surface area contributed by atoms with E-state index >= 15 is 0 Å². The van der Waals surface area contributed by atoms with Crippen LogP contribution in [0.1, 0.15) is 65.2 Å². The van der Waals surface area contributed by atoms with E-state index in [1.807, 2.05) is 0 Å². The van der Waals surface area contributed by atoms with Crippen LogP contribution < -0.4 is 5.32 Å². The van der Waals surface area contributed by atoms with Crippen LogP contribution in [0.25, 0.3) is 0 Å². The van der Waals surface area contributed by atoms with Crippen LogP contribution in [0.5, 0.6) is 0 Å². The first-order chi connectivity index (χ1) is 7.79. The van der Waals surface area contributed by atoms with E-state index in [4.69, 9.17) is 0 Å². The van der Waals surface area contributed by atoms with Gasteiger partial charge in [-0.15, -0.1) is 0 Å². The minimum absolute atomic E-state index is 0.885. The zero-order valence-corrected chi connectivity index (χ0v) is 11.2. The smallest absolute Gasteiger partial charge is 0.00683 e. The van der Waals surface area contributed by atoms with Crippen molar-refractivity contribution in [2.45, 2.75) is 71.3 Å². The van der Waals surface area contributed by atoms with Crippen LogP contribution in [-0.2, 0) is 0 Å². The van der Waals surface area contributed by atoms with Gasteiger partial charge in [-0.05, 0) is 43.6 Å². The van der Waals surface area contributed by atoms with Gasteiger partial charge in [-0.25, -0.2) is 0 Å². The second kappa shape index (κ2) is 6.05. The van der Waals surface area contributed by atoms with Gasteiger partial charge < -0.3 is 5.32 Å². The molecule has 0 spiro atoms. The highest BCUT2D eigenvalue weighted by Gasteiger charge is 2.26. The fraction of sp³-hybridized carbons (Fsp3) is 1.00. The molecule has 2 fully saturated rings. The van der Waals surface area contributed by atoms with E-state index in [9.17, 15) is 0 Å². The maximum absolute atomic E-state index is 3.68. The molecular weight excluding hydrogens is 194 g/mol. The average molecular weight is 223 g/mol. The Morgan fingerprint density at radius 1 is 1.06 bits per heavy atom. The molecule has 1 heteroatoms. The molecule has 16 heavy (non-hydrogen) atoms. The Hall–Kier alpha value is -0.0400. The Morgan fingerprint density at radius 3 is 2.38 bits per heavy atom. The first kappa shape index (κ1) is 12.4. The van der Waals surface area contributed by atoms with Crippen LogP contribution in [0.2, 0.25) is 0 Å². The maximum Gasteiger partial charge on any atom is 0.00683 e. The van der Waals surface area contributed by atoms with Gasteiger partial charge in [0.2, 0.25) is 0 Å². The highest BCUT2D eigenvalue weighted by Crippen LogP contribution is 2.36. The summed E-state index contributed by atoms with van der Waals surface area (Å²) in [6, 6.07) is 0.885. The van der Waals surface area contributed by atoms with Gasteiger partial charge in [-0.3, -0.25) is 0 Å². The van der Waals surface area contributed by atoms with Gasteiger partial charge in [0.25, 0.3) is 0 Å². The van der Waals surface area contributed by atoms with E-state index in [0.29, 0.717) is 0 Å². The lowest BCUT2D eigenvalue weighted by Gasteiger charge is -2.32. The minimum Gasteiger partial charge on any atom is -0.314 e. The van der Waals surface area contributed by atoms with Crippen LogP contribution in [0.3, 0.4) is 0 Å². The zero-order valence-electron chi connectivity index (χ0n) is 11.2. The Labute approximate surface area is 101 Å². The fourth-order valence-corrected chi connectivity index (χ4v) is 3.39. The molecule has 0 amide bonds. The average Bonchev–Trinajstić information content (AvgIpc) is 3.11. The normalized spacial score (nSPS) is 32.6. The molecule has 1 N–H and O–H groups in total. The molecule has 3 unspecified atom stereocenters. The zero-order chi connectivity index (χ0) is 11.4. The van der Waals surface area contributed by atoms with Crippen molar-refractivity contribution in [1.29, 1.82) is 0 Å². The van der Waals surface area contributed by atoms with Crippen LogP contribution in [0.4, 0.5) is 0 Å². The van der Waals surface area contributed by atoms with Gasteiger partial charge in [0.05, 0.1) is 0 Å². The van der Waals surface area contributed by atoms with E-state index in [2.05, 4.69) is 19.2 Å². The molecule has 0 aromatic carbocycles. The lowest BCUT2D eigenvalue weighted by molar-refractivity contribution is 0.193. The molecule has 0 aliphatic heterocycles. The van der Waals surface area contributed by atoms with Crippen molar-refractivity contribution in [1.82, 2.24) is 5.32 Å². The molecular formula is C15H29N. The van der Waals surface area contributed by atoms with Crippen molar-refractivity contribution in [3.05, 3.63) is 0 Å². The molecule has 0 aromatic heterocycles. The molecule has 0 saturated heterocycles. The first-order valence-corrected chi connectivity index (χ1v) is 7.53. The van der Waals surface area contributed by atoms with E-state index in [1.165, 1.54) is 57.9 Å². The molecule has 2 saturated carbocycles. The third-order valence-electron chi connectivity index (χ3n) is 4.63. The summed E-state index contributed by atoms with van der Waals surface area (Å²) >= 11 is 0. The van der Waals surface area contributed by atoms with Crippen molar-refractivity contribution >= 4 is 0 Å². The van der Waals surface area contributed by atoms with Gasteiger partial charge in [0.15, 0.2) is 0 Å². The van der Waals surface area contributed by atoms with Gasteiger partial charge in [0, 0.05) is 6.04 Å². The summed E-state index contributed by atoms with van der Waals surface area (Å²) in [6.45, 7) is 6.09. The molecule has 2 aliphatic rings. The van der Waals surface area contributed by atoms with E-state index in [0.717, 1.165) is 23.8 Å². The van der Waals surface area contributed by atoms with E-state index in [1.54, 1.807) is 0 Å². The fourth-order valence-electron chi connectivity index (χ4n) is 3.39. The number of nitrogens with one attached hydrogen (secondary N) is 1. The Kier molecular flexibility index (Phi) is 4.69. The molecule has 3 atom stereocenters.